The lowest BCUT2D eigenvalue weighted by molar-refractivity contribution is -0.121. The number of rotatable bonds is 7. The van der Waals surface area contributed by atoms with Crippen molar-refractivity contribution in [2.24, 2.45) is 5.10 Å². The highest BCUT2D eigenvalue weighted by Gasteiger charge is 2.12. The molecule has 7 nitrogen and oxygen atoms in total. The van der Waals surface area contributed by atoms with Crippen molar-refractivity contribution in [2.45, 2.75) is 32.6 Å². The topological polar surface area (TPSA) is 95.5 Å². The molecule has 1 aliphatic heterocycles. The Morgan fingerprint density at radius 2 is 2.23 bits per heavy atom. The Kier molecular flexibility index (Phi) is 5.88. The molecule has 7 heteroatoms. The maximum absolute atomic E-state index is 11.7. The average molecular weight is 303 g/mol. The van der Waals surface area contributed by atoms with E-state index >= 15 is 0 Å². The fourth-order valence-electron chi connectivity index (χ4n) is 2.11. The van der Waals surface area contributed by atoms with Crippen LogP contribution in [0.15, 0.2) is 23.6 Å². The summed E-state index contributed by atoms with van der Waals surface area (Å²) in [5.74, 6) is -0.0708. The van der Waals surface area contributed by atoms with Crippen molar-refractivity contribution in [3.05, 3.63) is 24.0 Å². The normalized spacial score (nSPS) is 14.0. The molecule has 2 heterocycles. The zero-order chi connectivity index (χ0) is 15.8. The summed E-state index contributed by atoms with van der Waals surface area (Å²) in [7, 11) is 0. The van der Waals surface area contributed by atoms with Crippen LogP contribution in [-0.2, 0) is 9.59 Å². The summed E-state index contributed by atoms with van der Waals surface area (Å²) in [5.41, 5.74) is 5.41. The third-order valence-electron chi connectivity index (χ3n) is 3.40. The minimum absolute atomic E-state index is 0.00662. The van der Waals surface area contributed by atoms with Gasteiger partial charge in [0.25, 0.3) is 0 Å². The molecule has 2 amide bonds. The number of nitrogens with one attached hydrogen (secondary N) is 3. The molecule has 118 valence electrons. The van der Waals surface area contributed by atoms with E-state index in [9.17, 15) is 9.59 Å². The van der Waals surface area contributed by atoms with E-state index in [0.717, 1.165) is 17.0 Å². The molecule has 0 unspecified atom stereocenters. The minimum Gasteiger partial charge on any atom is -0.383 e. The van der Waals surface area contributed by atoms with E-state index in [1.54, 1.807) is 12.4 Å². The van der Waals surface area contributed by atoms with Crippen molar-refractivity contribution in [1.82, 2.24) is 15.7 Å². The number of nitrogens with zero attached hydrogens (tertiary/aromatic N) is 2. The molecule has 0 spiro atoms. The maximum Gasteiger partial charge on any atom is 0.240 e. The van der Waals surface area contributed by atoms with E-state index < -0.39 is 0 Å². The minimum atomic E-state index is -0.0642. The Morgan fingerprint density at radius 1 is 1.36 bits per heavy atom. The lowest BCUT2D eigenvalue weighted by atomic mass is 10.1. The number of amides is 2. The van der Waals surface area contributed by atoms with E-state index in [0.29, 0.717) is 38.8 Å². The molecular formula is C15H21N5O2. The largest absolute Gasteiger partial charge is 0.383 e. The Morgan fingerprint density at radius 3 is 2.95 bits per heavy atom. The number of aryl methyl sites for hydroxylation is 1. The third-order valence-corrected chi connectivity index (χ3v) is 3.40. The van der Waals surface area contributed by atoms with Gasteiger partial charge in [0.05, 0.1) is 0 Å². The second kappa shape index (κ2) is 8.11. The van der Waals surface area contributed by atoms with Crippen LogP contribution in [0.2, 0.25) is 0 Å². The number of carbonyl (C=O) groups excluding carboxylic acids is 2. The molecule has 0 fully saturated rings. The molecule has 0 atom stereocenters. The van der Waals surface area contributed by atoms with Crippen molar-refractivity contribution in [1.29, 1.82) is 0 Å². The Hall–Kier alpha value is -2.44. The highest BCUT2D eigenvalue weighted by Crippen LogP contribution is 2.10. The number of hydrazone groups is 1. The van der Waals surface area contributed by atoms with Crippen LogP contribution in [0.25, 0.3) is 0 Å². The summed E-state index contributed by atoms with van der Waals surface area (Å²) in [6.45, 7) is 3.20. The van der Waals surface area contributed by atoms with Crippen LogP contribution in [0.5, 0.6) is 0 Å². The van der Waals surface area contributed by atoms with Crippen LogP contribution in [0, 0.1) is 6.92 Å². The zero-order valence-electron chi connectivity index (χ0n) is 12.7. The molecule has 0 bridgehead atoms. The van der Waals surface area contributed by atoms with E-state index in [-0.39, 0.29) is 11.8 Å². The monoisotopic (exact) mass is 303 g/mol. The average Bonchev–Trinajstić information content (AvgIpc) is 2.52. The quantitative estimate of drug-likeness (QED) is 0.654. The fourth-order valence-corrected chi connectivity index (χ4v) is 2.11. The molecule has 1 aromatic heterocycles. The summed E-state index contributed by atoms with van der Waals surface area (Å²) < 4.78 is 0. The Balaban J connectivity index is 1.60. The molecule has 3 N–H and O–H groups in total. The maximum atomic E-state index is 11.7. The zero-order valence-corrected chi connectivity index (χ0v) is 12.7. The fraction of sp³-hybridized carbons (Fsp3) is 0.467. The third kappa shape index (κ3) is 5.16. The number of hydrogen-bond donors (Lipinski definition) is 3. The SMILES string of the molecule is Cc1cnccc1NCCNC(=O)CCC1=NNC(=O)CC1. The molecule has 0 saturated carbocycles. The van der Waals surface area contributed by atoms with Gasteiger partial charge in [0.1, 0.15) is 0 Å². The van der Waals surface area contributed by atoms with Gasteiger partial charge in [-0.25, -0.2) is 5.43 Å². The van der Waals surface area contributed by atoms with Crippen molar-refractivity contribution in [3.8, 4) is 0 Å². The molecule has 0 radical (unpaired) electrons. The van der Waals surface area contributed by atoms with Gasteiger partial charge >= 0.3 is 0 Å². The number of aromatic nitrogens is 1. The Labute approximate surface area is 129 Å². The first-order chi connectivity index (χ1) is 10.6. The standard InChI is InChI=1S/C15H21N5O2/c1-11-10-16-7-6-13(11)17-8-9-18-14(21)4-2-12-3-5-15(22)20-19-12/h6-7,10H,2-5,8-9H2,1H3,(H,16,17)(H,18,21)(H,20,22). The van der Waals surface area contributed by atoms with Crippen LogP contribution in [0.4, 0.5) is 5.69 Å². The first-order valence-electron chi connectivity index (χ1n) is 7.40. The van der Waals surface area contributed by atoms with E-state index in [4.69, 9.17) is 0 Å². The van der Waals surface area contributed by atoms with Gasteiger partial charge in [-0.2, -0.15) is 5.10 Å². The lowest BCUT2D eigenvalue weighted by Crippen LogP contribution is -2.30. The van der Waals surface area contributed by atoms with Crippen molar-refractivity contribution in [3.63, 3.8) is 0 Å². The summed E-state index contributed by atoms with van der Waals surface area (Å²) in [6.07, 6.45) is 5.60. The van der Waals surface area contributed by atoms with Crippen LogP contribution >= 0.6 is 0 Å². The van der Waals surface area contributed by atoms with Crippen LogP contribution in [0.3, 0.4) is 0 Å². The Bertz CT molecular complexity index is 571. The smallest absolute Gasteiger partial charge is 0.240 e. The second-order valence-electron chi connectivity index (χ2n) is 5.18. The van der Waals surface area contributed by atoms with E-state index in [1.807, 2.05) is 13.0 Å². The van der Waals surface area contributed by atoms with E-state index in [1.165, 1.54) is 0 Å². The van der Waals surface area contributed by atoms with E-state index in [2.05, 4.69) is 26.1 Å². The van der Waals surface area contributed by atoms with Gasteiger partial charge in [0.15, 0.2) is 0 Å². The predicted molar refractivity (Wildman–Crippen MR) is 84.5 cm³/mol. The summed E-state index contributed by atoms with van der Waals surface area (Å²) in [6, 6.07) is 1.91. The summed E-state index contributed by atoms with van der Waals surface area (Å²) in [4.78, 5) is 26.7. The van der Waals surface area contributed by atoms with Crippen molar-refractivity contribution in [2.75, 3.05) is 18.4 Å². The molecule has 0 aliphatic carbocycles. The summed E-state index contributed by atoms with van der Waals surface area (Å²) in [5, 5.41) is 10.1. The number of carbonyl (C=O) groups is 2. The highest BCUT2D eigenvalue weighted by atomic mass is 16.2. The van der Waals surface area contributed by atoms with Crippen molar-refractivity contribution >= 4 is 23.2 Å². The molecule has 0 aromatic carbocycles. The molecule has 2 rings (SSSR count). The number of anilines is 1. The first-order valence-corrected chi connectivity index (χ1v) is 7.40. The van der Waals surface area contributed by atoms with Crippen molar-refractivity contribution < 1.29 is 9.59 Å². The molecule has 1 aliphatic rings. The predicted octanol–water partition coefficient (Wildman–Crippen LogP) is 0.964. The molecule has 1 aromatic rings. The lowest BCUT2D eigenvalue weighted by Gasteiger charge is -2.12. The van der Waals surface area contributed by atoms with Crippen LogP contribution in [0.1, 0.15) is 31.2 Å². The van der Waals surface area contributed by atoms with Gasteiger partial charge in [-0.3, -0.25) is 14.6 Å². The molecular weight excluding hydrogens is 282 g/mol. The van der Waals surface area contributed by atoms with Crippen LogP contribution < -0.4 is 16.1 Å². The van der Waals surface area contributed by atoms with Gasteiger partial charge in [-0.1, -0.05) is 0 Å². The number of pyridine rings is 1. The second-order valence-corrected chi connectivity index (χ2v) is 5.18. The van der Waals surface area contributed by atoms with Crippen LogP contribution in [-0.4, -0.2) is 35.6 Å². The van der Waals surface area contributed by atoms with Gasteiger partial charge in [-0.15, -0.1) is 0 Å². The van der Waals surface area contributed by atoms with Gasteiger partial charge in [0, 0.05) is 49.7 Å². The highest BCUT2D eigenvalue weighted by molar-refractivity contribution is 5.94. The molecule has 22 heavy (non-hydrogen) atoms. The van der Waals surface area contributed by atoms with Gasteiger partial charge in [-0.05, 0) is 31.4 Å². The summed E-state index contributed by atoms with van der Waals surface area (Å²) >= 11 is 0. The first kappa shape index (κ1) is 15.9. The van der Waals surface area contributed by atoms with Gasteiger partial charge < -0.3 is 10.6 Å². The van der Waals surface area contributed by atoms with Gasteiger partial charge in [0.2, 0.25) is 11.8 Å². The molecule has 0 saturated heterocycles. The number of hydrogen-bond acceptors (Lipinski definition) is 5.